The molecule has 3 nitrogen and oxygen atoms in total. The molecule has 1 rings (SSSR count). The summed E-state index contributed by atoms with van der Waals surface area (Å²) in [6, 6.07) is 0.431. The molecule has 0 radical (unpaired) electrons. The molecule has 0 aromatic heterocycles. The van der Waals surface area contributed by atoms with Crippen LogP contribution < -0.4 is 10.6 Å². The molecule has 0 aromatic carbocycles. The minimum Gasteiger partial charge on any atom is -0.355 e. The Labute approximate surface area is 79.6 Å². The third-order valence-electron chi connectivity index (χ3n) is 2.41. The molecule has 0 aromatic rings. The van der Waals surface area contributed by atoms with E-state index in [4.69, 9.17) is 0 Å². The second-order valence-corrected chi connectivity index (χ2v) is 3.52. The van der Waals surface area contributed by atoms with Crippen LogP contribution in [0.1, 0.15) is 26.2 Å². The van der Waals surface area contributed by atoms with Crippen molar-refractivity contribution in [1.29, 1.82) is 0 Å². The fourth-order valence-corrected chi connectivity index (χ4v) is 1.32. The molecule has 1 saturated heterocycles. The van der Waals surface area contributed by atoms with Gasteiger partial charge in [0.2, 0.25) is 5.91 Å². The lowest BCUT2D eigenvalue weighted by molar-refractivity contribution is -0.122. The smallest absolute Gasteiger partial charge is 0.220 e. The van der Waals surface area contributed by atoms with Crippen LogP contribution in [-0.2, 0) is 4.79 Å². The van der Waals surface area contributed by atoms with Gasteiger partial charge in [-0.05, 0) is 12.8 Å². The van der Waals surface area contributed by atoms with E-state index in [2.05, 4.69) is 24.1 Å². The Morgan fingerprint density at radius 3 is 3.08 bits per heavy atom. The van der Waals surface area contributed by atoms with Crippen molar-refractivity contribution in [3.05, 3.63) is 12.2 Å². The van der Waals surface area contributed by atoms with E-state index in [1.54, 1.807) is 0 Å². The fourth-order valence-electron chi connectivity index (χ4n) is 1.32. The Kier molecular flexibility index (Phi) is 3.96. The van der Waals surface area contributed by atoms with E-state index in [9.17, 15) is 4.79 Å². The summed E-state index contributed by atoms with van der Waals surface area (Å²) in [6.07, 6.45) is 2.62. The molecule has 1 atom stereocenters. The van der Waals surface area contributed by atoms with Crippen molar-refractivity contribution in [3.8, 4) is 0 Å². The molecule has 1 amide bonds. The lowest BCUT2D eigenvalue weighted by Crippen LogP contribution is -2.46. The van der Waals surface area contributed by atoms with Crippen molar-refractivity contribution < 1.29 is 4.79 Å². The lowest BCUT2D eigenvalue weighted by atomic mass is 10.1. The summed E-state index contributed by atoms with van der Waals surface area (Å²) in [7, 11) is 0. The van der Waals surface area contributed by atoms with Gasteiger partial charge in [-0.1, -0.05) is 19.1 Å². The molecule has 2 N–H and O–H groups in total. The summed E-state index contributed by atoms with van der Waals surface area (Å²) in [6.45, 7) is 7.66. The normalized spacial score (nSPS) is 22.5. The number of hydrogen-bond donors (Lipinski definition) is 2. The van der Waals surface area contributed by atoms with Crippen molar-refractivity contribution in [2.24, 2.45) is 0 Å². The standard InChI is InChI=1S/C10H18N2O/c1-3-8(2)6-11-9-4-5-10(13)12-7-9/h9,11H,2-7H2,1H3,(H,12,13). The third-order valence-corrected chi connectivity index (χ3v) is 2.41. The summed E-state index contributed by atoms with van der Waals surface area (Å²) in [5.41, 5.74) is 1.22. The van der Waals surface area contributed by atoms with E-state index in [-0.39, 0.29) is 5.91 Å². The maximum Gasteiger partial charge on any atom is 0.220 e. The summed E-state index contributed by atoms with van der Waals surface area (Å²) >= 11 is 0. The molecular formula is C10H18N2O. The molecular weight excluding hydrogens is 164 g/mol. The Morgan fingerprint density at radius 2 is 2.54 bits per heavy atom. The van der Waals surface area contributed by atoms with Crippen LogP contribution in [0.2, 0.25) is 0 Å². The average molecular weight is 182 g/mol. The molecule has 0 bridgehead atoms. The first-order valence-corrected chi connectivity index (χ1v) is 4.89. The van der Waals surface area contributed by atoms with Gasteiger partial charge in [-0.15, -0.1) is 0 Å². The number of piperidine rings is 1. The summed E-state index contributed by atoms with van der Waals surface area (Å²) in [5, 5.41) is 6.22. The fraction of sp³-hybridized carbons (Fsp3) is 0.700. The molecule has 3 heteroatoms. The maximum absolute atomic E-state index is 10.8. The van der Waals surface area contributed by atoms with Crippen LogP contribution in [0, 0.1) is 0 Å². The second kappa shape index (κ2) is 5.02. The van der Waals surface area contributed by atoms with Crippen molar-refractivity contribution in [1.82, 2.24) is 10.6 Å². The molecule has 0 saturated carbocycles. The van der Waals surface area contributed by atoms with Crippen LogP contribution in [0.15, 0.2) is 12.2 Å². The van der Waals surface area contributed by atoms with E-state index in [0.717, 1.165) is 25.9 Å². The number of carbonyl (C=O) groups excluding carboxylic acids is 1. The van der Waals surface area contributed by atoms with Crippen molar-refractivity contribution in [3.63, 3.8) is 0 Å². The molecule has 1 aliphatic heterocycles. The van der Waals surface area contributed by atoms with E-state index < -0.39 is 0 Å². The van der Waals surface area contributed by atoms with Crippen molar-refractivity contribution in [2.45, 2.75) is 32.2 Å². The van der Waals surface area contributed by atoms with Gasteiger partial charge in [-0.3, -0.25) is 4.79 Å². The highest BCUT2D eigenvalue weighted by molar-refractivity contribution is 5.76. The van der Waals surface area contributed by atoms with Crippen LogP contribution in [0.3, 0.4) is 0 Å². The van der Waals surface area contributed by atoms with Crippen LogP contribution >= 0.6 is 0 Å². The number of amides is 1. The molecule has 1 aliphatic rings. The molecule has 74 valence electrons. The SMILES string of the molecule is C=C(CC)CNC1CCC(=O)NC1. The molecule has 1 heterocycles. The Morgan fingerprint density at radius 1 is 1.77 bits per heavy atom. The van der Waals surface area contributed by atoms with Crippen LogP contribution in [0.25, 0.3) is 0 Å². The van der Waals surface area contributed by atoms with Gasteiger partial charge in [0, 0.05) is 25.6 Å². The second-order valence-electron chi connectivity index (χ2n) is 3.52. The Hall–Kier alpha value is -0.830. The zero-order valence-electron chi connectivity index (χ0n) is 8.23. The van der Waals surface area contributed by atoms with Gasteiger partial charge in [-0.25, -0.2) is 0 Å². The number of nitrogens with one attached hydrogen (secondary N) is 2. The Balaban J connectivity index is 2.15. The highest BCUT2D eigenvalue weighted by atomic mass is 16.1. The topological polar surface area (TPSA) is 41.1 Å². The summed E-state index contributed by atoms with van der Waals surface area (Å²) < 4.78 is 0. The van der Waals surface area contributed by atoms with Gasteiger partial charge in [0.1, 0.15) is 0 Å². The largest absolute Gasteiger partial charge is 0.355 e. The first-order chi connectivity index (χ1) is 6.22. The first-order valence-electron chi connectivity index (χ1n) is 4.89. The monoisotopic (exact) mass is 182 g/mol. The van der Waals surface area contributed by atoms with Crippen molar-refractivity contribution >= 4 is 5.91 Å². The number of carbonyl (C=O) groups is 1. The highest BCUT2D eigenvalue weighted by Crippen LogP contribution is 2.03. The molecule has 1 fully saturated rings. The minimum absolute atomic E-state index is 0.173. The van der Waals surface area contributed by atoms with Gasteiger partial charge in [0.15, 0.2) is 0 Å². The summed E-state index contributed by atoms with van der Waals surface area (Å²) in [5.74, 6) is 0.173. The predicted octanol–water partition coefficient (Wildman–Crippen LogP) is 0.821. The van der Waals surface area contributed by atoms with E-state index in [0.29, 0.717) is 12.5 Å². The van der Waals surface area contributed by atoms with Crippen LogP contribution in [0.5, 0.6) is 0 Å². The zero-order chi connectivity index (χ0) is 9.68. The first kappa shape index (κ1) is 10.3. The van der Waals surface area contributed by atoms with Gasteiger partial charge in [-0.2, -0.15) is 0 Å². The number of rotatable bonds is 4. The lowest BCUT2D eigenvalue weighted by Gasteiger charge is -2.23. The quantitative estimate of drug-likeness (QED) is 0.632. The maximum atomic E-state index is 10.8. The average Bonchev–Trinajstić information content (AvgIpc) is 2.16. The highest BCUT2D eigenvalue weighted by Gasteiger charge is 2.16. The van der Waals surface area contributed by atoms with Crippen LogP contribution in [0.4, 0.5) is 0 Å². The molecule has 1 unspecified atom stereocenters. The van der Waals surface area contributed by atoms with Gasteiger partial charge < -0.3 is 10.6 Å². The van der Waals surface area contributed by atoms with Gasteiger partial charge in [0.25, 0.3) is 0 Å². The van der Waals surface area contributed by atoms with E-state index in [1.807, 2.05) is 0 Å². The third kappa shape index (κ3) is 3.59. The van der Waals surface area contributed by atoms with Gasteiger partial charge >= 0.3 is 0 Å². The minimum atomic E-state index is 0.173. The summed E-state index contributed by atoms with van der Waals surface area (Å²) in [4.78, 5) is 10.8. The number of hydrogen-bond acceptors (Lipinski definition) is 2. The Bertz CT molecular complexity index is 191. The van der Waals surface area contributed by atoms with Crippen molar-refractivity contribution in [2.75, 3.05) is 13.1 Å². The van der Waals surface area contributed by atoms with E-state index in [1.165, 1.54) is 5.57 Å². The van der Waals surface area contributed by atoms with Gasteiger partial charge in [0.05, 0.1) is 0 Å². The zero-order valence-corrected chi connectivity index (χ0v) is 8.23. The van der Waals surface area contributed by atoms with Crippen LogP contribution in [-0.4, -0.2) is 25.0 Å². The van der Waals surface area contributed by atoms with E-state index >= 15 is 0 Å². The molecule has 0 spiro atoms. The molecule has 0 aliphatic carbocycles. The molecule has 13 heavy (non-hydrogen) atoms. The predicted molar refractivity (Wildman–Crippen MR) is 53.5 cm³/mol.